The normalized spacial score (nSPS) is 14.7. The number of fused-ring (bicyclic) bond motifs is 2. The molecule has 368 valence electrons. The number of nitro benzene ring substituents is 2. The molecule has 0 saturated heterocycles. The number of hydrogen-bond acceptors (Lipinski definition) is 8. The van der Waals surface area contributed by atoms with Crippen molar-refractivity contribution in [3.63, 3.8) is 0 Å². The molecule has 0 spiro atoms. The molecular formula is C56H66N4O10+2. The summed E-state index contributed by atoms with van der Waals surface area (Å²) < 4.78 is 15.6. The molecule has 0 aliphatic carbocycles. The number of rotatable bonds is 25. The number of non-ortho nitro benzene ring substituents is 2. The number of benzene rings is 4. The third kappa shape index (κ3) is 12.4. The van der Waals surface area contributed by atoms with Gasteiger partial charge in [0.25, 0.3) is 11.4 Å². The van der Waals surface area contributed by atoms with Crippen LogP contribution in [-0.4, -0.2) is 68.7 Å². The summed E-state index contributed by atoms with van der Waals surface area (Å²) in [6.45, 7) is 13.5. The number of carbonyl (C=O) groups excluding carboxylic acids is 2. The largest absolute Gasteiger partial charge is 0.459 e. The van der Waals surface area contributed by atoms with Crippen molar-refractivity contribution in [3.05, 3.63) is 127 Å². The topological polar surface area (TPSA) is 185 Å². The molecule has 0 saturated carbocycles. The highest BCUT2D eigenvalue weighted by atomic mass is 16.6. The number of carbonyl (C=O) groups is 2. The third-order valence-corrected chi connectivity index (χ3v) is 13.5. The second kappa shape index (κ2) is 23.6. The van der Waals surface area contributed by atoms with Crippen molar-refractivity contribution in [2.45, 2.75) is 129 Å². The summed E-state index contributed by atoms with van der Waals surface area (Å²) in [5.74, 6) is -1.20. The van der Waals surface area contributed by atoms with Crippen molar-refractivity contribution >= 4 is 58.3 Å². The molecule has 14 nitrogen and oxygen atoms in total. The van der Waals surface area contributed by atoms with Gasteiger partial charge < -0.3 is 9.47 Å². The quantitative estimate of drug-likeness (QED) is 0.0206. The minimum absolute atomic E-state index is 0.130. The van der Waals surface area contributed by atoms with Crippen LogP contribution in [0.25, 0.3) is 23.3 Å². The van der Waals surface area contributed by atoms with Gasteiger partial charge in [-0.15, -0.1) is 0 Å². The van der Waals surface area contributed by atoms with E-state index >= 15 is 0 Å². The molecule has 2 heterocycles. The Hall–Kier alpha value is -6.96. The molecule has 4 aromatic carbocycles. The Labute approximate surface area is 411 Å². The van der Waals surface area contributed by atoms with Gasteiger partial charge in [-0.2, -0.15) is 9.15 Å². The third-order valence-electron chi connectivity index (χ3n) is 13.5. The highest BCUT2D eigenvalue weighted by Gasteiger charge is 2.46. The first kappa shape index (κ1) is 52.4. The second-order valence-corrected chi connectivity index (χ2v) is 19.2. The smallest absolute Gasteiger partial charge is 0.306 e. The van der Waals surface area contributed by atoms with Gasteiger partial charge in [-0.05, 0) is 100 Å². The van der Waals surface area contributed by atoms with E-state index in [1.165, 1.54) is 36.4 Å². The minimum Gasteiger partial charge on any atom is -0.459 e. The van der Waals surface area contributed by atoms with Crippen LogP contribution < -0.4 is 0 Å². The fourth-order valence-electron chi connectivity index (χ4n) is 9.48. The predicted molar refractivity (Wildman–Crippen MR) is 271 cm³/mol. The standard InChI is InChI=1S/C56H66N4O10/c1-7-9-11-13-15-17-53(63)69-33-31-57-47-25-19-39(37-45(47)55(3,4)51(57)29-21-41-35-43(59(65)66)23-27-49(41)61)40-20-26-48-46(38-40)56(5,6)52(30-22-42-36-44(60(67)68)24-28-50(42)62)58(48)32-34-70-54(64)18-16-14-12-10-8-2/h19-30,35-38H,7-18,31-34H2,1-6H3/q+2/b29-21+,30-22+. The van der Waals surface area contributed by atoms with Crippen LogP contribution in [0, 0.1) is 20.2 Å². The van der Waals surface area contributed by atoms with Gasteiger partial charge in [0.2, 0.25) is 11.4 Å². The summed E-state index contributed by atoms with van der Waals surface area (Å²) >= 11 is 0. The molecular weight excluding hydrogens is 889 g/mol. The first-order valence-corrected chi connectivity index (χ1v) is 24.7. The lowest BCUT2D eigenvalue weighted by Gasteiger charge is -2.18. The predicted octanol–water partition coefficient (Wildman–Crippen LogP) is 13.4. The van der Waals surface area contributed by atoms with Crippen molar-refractivity contribution < 1.29 is 48.3 Å². The molecule has 0 bridgehead atoms. The van der Waals surface area contributed by atoms with E-state index in [-0.39, 0.29) is 59.2 Å². The fourth-order valence-corrected chi connectivity index (χ4v) is 9.48. The van der Waals surface area contributed by atoms with Crippen LogP contribution in [0.1, 0.15) is 141 Å². The van der Waals surface area contributed by atoms with Crippen LogP contribution >= 0.6 is 0 Å². The summed E-state index contributed by atoms with van der Waals surface area (Å²) in [7, 11) is 0. The molecule has 0 atom stereocenters. The number of esters is 2. The molecule has 4 aromatic rings. The van der Waals surface area contributed by atoms with Gasteiger partial charge in [0.05, 0.1) is 20.7 Å². The maximum Gasteiger partial charge on any atom is 0.306 e. The van der Waals surface area contributed by atoms with Crippen LogP contribution in [-0.2, 0) is 40.1 Å². The number of allylic oxidation sites excluding steroid dienone is 2. The van der Waals surface area contributed by atoms with E-state index in [0.29, 0.717) is 25.9 Å². The number of unbranched alkanes of at least 4 members (excludes halogenated alkanes) is 8. The number of nitro groups is 2. The van der Waals surface area contributed by atoms with Crippen molar-refractivity contribution in [2.24, 2.45) is 0 Å². The lowest BCUT2D eigenvalue weighted by atomic mass is 9.79. The molecule has 0 aromatic heterocycles. The summed E-state index contributed by atoms with van der Waals surface area (Å²) in [5.41, 5.74) is 6.00. The van der Waals surface area contributed by atoms with Gasteiger partial charge in [0.1, 0.15) is 0 Å². The van der Waals surface area contributed by atoms with Crippen LogP contribution in [0.4, 0.5) is 22.7 Å². The highest BCUT2D eigenvalue weighted by Crippen LogP contribution is 2.46. The maximum atomic E-state index is 12.9. The van der Waals surface area contributed by atoms with Crippen LogP contribution in [0.5, 0.6) is 11.5 Å². The lowest BCUT2D eigenvalue weighted by Crippen LogP contribution is -2.29. The zero-order chi connectivity index (χ0) is 50.6. The molecule has 0 unspecified atom stereocenters. The lowest BCUT2D eigenvalue weighted by molar-refractivity contribution is -0.441. The maximum absolute atomic E-state index is 12.9. The fraction of sp³-hybridized carbons (Fsp3) is 0.429. The monoisotopic (exact) mass is 954 g/mol. The Morgan fingerprint density at radius 2 is 0.929 bits per heavy atom. The van der Waals surface area contributed by atoms with Gasteiger partial charge in [-0.3, -0.25) is 40.0 Å². The van der Waals surface area contributed by atoms with Gasteiger partial charge in [0.15, 0.2) is 49.2 Å². The number of hydrogen-bond donors (Lipinski definition) is 0. The molecule has 2 aliphatic rings. The van der Waals surface area contributed by atoms with E-state index in [0.717, 1.165) is 109 Å². The number of ether oxygens (including phenoxy) is 2. The summed E-state index contributed by atoms with van der Waals surface area (Å²) in [4.78, 5) is 47.7. The molecule has 14 heteroatoms. The molecule has 70 heavy (non-hydrogen) atoms. The summed E-state index contributed by atoms with van der Waals surface area (Å²) in [6.07, 6.45) is 17.7. The van der Waals surface area contributed by atoms with Crippen LogP contribution in [0.2, 0.25) is 0 Å². The first-order chi connectivity index (χ1) is 33.5. The van der Waals surface area contributed by atoms with Crippen molar-refractivity contribution in [1.82, 2.24) is 0 Å². The Kier molecular flexibility index (Phi) is 17.6. The molecule has 2 aliphatic heterocycles. The van der Waals surface area contributed by atoms with E-state index in [2.05, 4.69) is 62.8 Å². The van der Waals surface area contributed by atoms with Gasteiger partial charge >= 0.3 is 11.9 Å². The van der Waals surface area contributed by atoms with E-state index in [1.54, 1.807) is 12.2 Å². The summed E-state index contributed by atoms with van der Waals surface area (Å²) in [5, 5.41) is 49.0. The molecule has 0 amide bonds. The van der Waals surface area contributed by atoms with Gasteiger partial charge in [0, 0.05) is 83.6 Å². The Morgan fingerprint density at radius 3 is 1.30 bits per heavy atom. The SMILES string of the molecule is CCCCCCCC(=O)OCC[N+]1=C(/C=C/c2cc([N+](=O)[O-])ccc2[O])C(C)(C)c2cc(-c3ccc4c(c3)C(C)(C)C(/C=C/c3cc([N+](=O)[O-])ccc3[O])=[N+]4CCOC(=O)CCCCCCC)ccc21. The van der Waals surface area contributed by atoms with Crippen molar-refractivity contribution in [1.29, 1.82) is 0 Å². The van der Waals surface area contributed by atoms with Crippen molar-refractivity contribution in [2.75, 3.05) is 26.3 Å². The first-order valence-electron chi connectivity index (χ1n) is 24.7. The molecule has 6 rings (SSSR count). The van der Waals surface area contributed by atoms with E-state index < -0.39 is 20.7 Å². The average Bonchev–Trinajstić information content (AvgIpc) is 3.67. The van der Waals surface area contributed by atoms with Crippen LogP contribution in [0.15, 0.2) is 84.9 Å². The zero-order valence-corrected chi connectivity index (χ0v) is 41.4. The molecule has 0 fully saturated rings. The van der Waals surface area contributed by atoms with Crippen LogP contribution in [0.3, 0.4) is 0 Å². The average molecular weight is 955 g/mol. The second-order valence-electron chi connectivity index (χ2n) is 19.2. The zero-order valence-electron chi connectivity index (χ0n) is 41.4. The van der Waals surface area contributed by atoms with E-state index in [4.69, 9.17) is 9.47 Å². The van der Waals surface area contributed by atoms with E-state index in [9.17, 15) is 40.0 Å². The number of nitrogens with zero attached hydrogens (tertiary/aromatic N) is 4. The summed E-state index contributed by atoms with van der Waals surface area (Å²) in [6, 6.07) is 19.8. The van der Waals surface area contributed by atoms with Crippen molar-refractivity contribution in [3.8, 4) is 22.6 Å². The highest BCUT2D eigenvalue weighted by molar-refractivity contribution is 6.07. The Morgan fingerprint density at radius 1 is 0.543 bits per heavy atom. The molecule has 2 radical (unpaired) electrons. The minimum atomic E-state index is -0.632. The molecule has 0 N–H and O–H groups in total. The van der Waals surface area contributed by atoms with Gasteiger partial charge in [-0.25, -0.2) is 0 Å². The van der Waals surface area contributed by atoms with Gasteiger partial charge in [-0.1, -0.05) is 65.2 Å². The Balaban J connectivity index is 1.32. The Bertz CT molecular complexity index is 2540. The van der Waals surface area contributed by atoms with E-state index in [1.807, 2.05) is 36.4 Å².